The number of likely N-dealkylation sites (N-methyl/N-ethyl adjacent to an activating group) is 1. The minimum absolute atomic E-state index is 0.0253. The van der Waals surface area contributed by atoms with Gasteiger partial charge in [0.15, 0.2) is 0 Å². The minimum Gasteiger partial charge on any atom is -0.497 e. The molecule has 0 aliphatic rings. The van der Waals surface area contributed by atoms with E-state index in [1.54, 1.807) is 19.2 Å². The standard InChI is InChI=1S/C19H22F2N2O2S/c1-23(2)17(14-5-4-6-15(11-14)25-3)12-22-18(24)13-7-9-16(10-8-13)26-19(20)21/h4-11,17,19H,12H2,1-3H3,(H,22,24). The van der Waals surface area contributed by atoms with Gasteiger partial charge < -0.3 is 15.0 Å². The summed E-state index contributed by atoms with van der Waals surface area (Å²) in [7, 11) is 5.49. The van der Waals surface area contributed by atoms with Gasteiger partial charge in [0.25, 0.3) is 11.7 Å². The summed E-state index contributed by atoms with van der Waals surface area (Å²) in [6.45, 7) is 0.409. The monoisotopic (exact) mass is 380 g/mol. The predicted molar refractivity (Wildman–Crippen MR) is 100 cm³/mol. The van der Waals surface area contributed by atoms with Gasteiger partial charge in [-0.1, -0.05) is 23.9 Å². The van der Waals surface area contributed by atoms with Gasteiger partial charge in [-0.2, -0.15) is 8.78 Å². The van der Waals surface area contributed by atoms with Gasteiger partial charge in [-0.15, -0.1) is 0 Å². The van der Waals surface area contributed by atoms with E-state index in [-0.39, 0.29) is 11.9 Å². The summed E-state index contributed by atoms with van der Waals surface area (Å²) in [5.74, 6) is -1.96. The third kappa shape index (κ3) is 5.71. The number of methoxy groups -OCH3 is 1. The summed E-state index contributed by atoms with van der Waals surface area (Å²) < 4.78 is 30.0. The molecular formula is C19H22F2N2O2S. The Morgan fingerprint density at radius 2 is 1.88 bits per heavy atom. The van der Waals surface area contributed by atoms with Crippen molar-refractivity contribution in [3.8, 4) is 5.75 Å². The molecule has 1 unspecified atom stereocenters. The molecule has 140 valence electrons. The van der Waals surface area contributed by atoms with Crippen molar-refractivity contribution in [2.45, 2.75) is 16.7 Å². The van der Waals surface area contributed by atoms with Crippen LogP contribution in [0.1, 0.15) is 22.0 Å². The highest BCUT2D eigenvalue weighted by Gasteiger charge is 2.17. The lowest BCUT2D eigenvalue weighted by atomic mass is 10.1. The zero-order valence-electron chi connectivity index (χ0n) is 14.9. The van der Waals surface area contributed by atoms with Crippen LogP contribution in [0.25, 0.3) is 0 Å². The Morgan fingerprint density at radius 3 is 2.46 bits per heavy atom. The van der Waals surface area contributed by atoms with Crippen molar-refractivity contribution in [1.29, 1.82) is 0 Å². The third-order valence-corrected chi connectivity index (χ3v) is 4.62. The number of hydrogen-bond acceptors (Lipinski definition) is 4. The zero-order valence-corrected chi connectivity index (χ0v) is 15.7. The van der Waals surface area contributed by atoms with E-state index in [2.05, 4.69) is 5.32 Å². The van der Waals surface area contributed by atoms with E-state index < -0.39 is 5.76 Å². The molecule has 1 amide bonds. The quantitative estimate of drug-likeness (QED) is 0.702. The lowest BCUT2D eigenvalue weighted by Gasteiger charge is -2.25. The molecule has 0 aliphatic heterocycles. The molecule has 1 N–H and O–H groups in total. The number of thioether (sulfide) groups is 1. The van der Waals surface area contributed by atoms with Gasteiger partial charge in [-0.3, -0.25) is 4.79 Å². The number of nitrogens with zero attached hydrogens (tertiary/aromatic N) is 1. The van der Waals surface area contributed by atoms with Crippen molar-refractivity contribution in [2.75, 3.05) is 27.7 Å². The number of carbonyl (C=O) groups excluding carboxylic acids is 1. The van der Waals surface area contributed by atoms with Gasteiger partial charge in [-0.25, -0.2) is 0 Å². The smallest absolute Gasteiger partial charge is 0.288 e. The van der Waals surface area contributed by atoms with Gasteiger partial charge in [0, 0.05) is 17.0 Å². The summed E-state index contributed by atoms with van der Waals surface area (Å²) in [4.78, 5) is 14.8. The van der Waals surface area contributed by atoms with E-state index in [1.807, 2.05) is 43.3 Å². The van der Waals surface area contributed by atoms with Crippen LogP contribution in [0, 0.1) is 0 Å². The van der Waals surface area contributed by atoms with Gasteiger partial charge in [0.1, 0.15) is 5.75 Å². The molecular weight excluding hydrogens is 358 g/mol. The second kappa shape index (κ2) is 9.54. The summed E-state index contributed by atoms with van der Waals surface area (Å²) in [6.07, 6.45) is 0. The molecule has 0 aromatic heterocycles. The van der Waals surface area contributed by atoms with E-state index >= 15 is 0 Å². The summed E-state index contributed by atoms with van der Waals surface area (Å²) in [6, 6.07) is 13.8. The van der Waals surface area contributed by atoms with Crippen molar-refractivity contribution in [2.24, 2.45) is 0 Å². The molecule has 0 saturated carbocycles. The maximum absolute atomic E-state index is 12.4. The van der Waals surface area contributed by atoms with Crippen LogP contribution in [-0.2, 0) is 0 Å². The fourth-order valence-corrected chi connectivity index (χ4v) is 3.03. The van der Waals surface area contributed by atoms with Gasteiger partial charge in [0.05, 0.1) is 13.2 Å². The fraction of sp³-hybridized carbons (Fsp3) is 0.316. The van der Waals surface area contributed by atoms with E-state index in [0.717, 1.165) is 11.3 Å². The first kappa shape index (κ1) is 20.2. The molecule has 2 rings (SSSR count). The van der Waals surface area contributed by atoms with E-state index in [9.17, 15) is 13.6 Å². The van der Waals surface area contributed by atoms with E-state index in [0.29, 0.717) is 28.8 Å². The molecule has 4 nitrogen and oxygen atoms in total. The van der Waals surface area contributed by atoms with Crippen LogP contribution in [-0.4, -0.2) is 44.3 Å². The molecule has 2 aromatic carbocycles. The highest BCUT2D eigenvalue weighted by atomic mass is 32.2. The Bertz CT molecular complexity index is 724. The Labute approximate surface area is 156 Å². The van der Waals surface area contributed by atoms with Crippen molar-refractivity contribution in [3.63, 3.8) is 0 Å². The normalized spacial score (nSPS) is 12.3. The second-order valence-corrected chi connectivity index (χ2v) is 6.93. The van der Waals surface area contributed by atoms with Crippen LogP contribution >= 0.6 is 11.8 Å². The first-order valence-electron chi connectivity index (χ1n) is 8.04. The number of benzene rings is 2. The van der Waals surface area contributed by atoms with Crippen LogP contribution in [0.2, 0.25) is 0 Å². The Kier molecular flexibility index (Phi) is 7.41. The SMILES string of the molecule is COc1cccc(C(CNC(=O)c2ccc(SC(F)F)cc2)N(C)C)c1. The van der Waals surface area contributed by atoms with Crippen LogP contribution in [0.5, 0.6) is 5.75 Å². The third-order valence-electron chi connectivity index (χ3n) is 3.90. The van der Waals surface area contributed by atoms with E-state index in [1.165, 1.54) is 12.1 Å². The lowest BCUT2D eigenvalue weighted by molar-refractivity contribution is 0.0942. The molecule has 0 saturated heterocycles. The fourth-order valence-electron chi connectivity index (χ4n) is 2.53. The number of amides is 1. The minimum atomic E-state index is -2.47. The largest absolute Gasteiger partial charge is 0.497 e. The Morgan fingerprint density at radius 1 is 1.19 bits per heavy atom. The number of halogens is 2. The Balaban J connectivity index is 2.03. The van der Waals surface area contributed by atoms with Crippen molar-refractivity contribution in [3.05, 3.63) is 59.7 Å². The molecule has 0 bridgehead atoms. The first-order valence-corrected chi connectivity index (χ1v) is 8.92. The predicted octanol–water partition coefficient (Wildman–Crippen LogP) is 4.04. The molecule has 0 spiro atoms. The maximum Gasteiger partial charge on any atom is 0.288 e. The second-order valence-electron chi connectivity index (χ2n) is 5.87. The van der Waals surface area contributed by atoms with Gasteiger partial charge >= 0.3 is 0 Å². The summed E-state index contributed by atoms with van der Waals surface area (Å²) >= 11 is 0.458. The Hall–Kier alpha value is -2.12. The topological polar surface area (TPSA) is 41.6 Å². The summed E-state index contributed by atoms with van der Waals surface area (Å²) in [5.41, 5.74) is 1.46. The lowest BCUT2D eigenvalue weighted by Crippen LogP contribution is -2.34. The number of alkyl halides is 2. The van der Waals surface area contributed by atoms with Crippen molar-refractivity contribution < 1.29 is 18.3 Å². The number of ether oxygens (including phenoxy) is 1. The average Bonchev–Trinajstić information content (AvgIpc) is 2.61. The zero-order chi connectivity index (χ0) is 19.1. The van der Waals surface area contributed by atoms with Gasteiger partial charge in [-0.05, 0) is 56.1 Å². The van der Waals surface area contributed by atoms with Crippen molar-refractivity contribution in [1.82, 2.24) is 10.2 Å². The van der Waals surface area contributed by atoms with Crippen LogP contribution < -0.4 is 10.1 Å². The number of nitrogens with one attached hydrogen (secondary N) is 1. The van der Waals surface area contributed by atoms with Crippen LogP contribution in [0.3, 0.4) is 0 Å². The molecule has 7 heteroatoms. The number of rotatable bonds is 8. The highest BCUT2D eigenvalue weighted by molar-refractivity contribution is 7.99. The molecule has 0 fully saturated rings. The number of carbonyl (C=O) groups is 1. The number of hydrogen-bond donors (Lipinski definition) is 1. The van der Waals surface area contributed by atoms with Crippen LogP contribution in [0.15, 0.2) is 53.4 Å². The molecule has 2 aromatic rings. The molecule has 0 aliphatic carbocycles. The first-order chi connectivity index (χ1) is 12.4. The molecule has 26 heavy (non-hydrogen) atoms. The summed E-state index contributed by atoms with van der Waals surface area (Å²) in [5, 5.41) is 2.90. The molecule has 0 radical (unpaired) electrons. The van der Waals surface area contributed by atoms with E-state index in [4.69, 9.17) is 4.74 Å². The highest BCUT2D eigenvalue weighted by Crippen LogP contribution is 2.25. The molecule has 1 atom stereocenters. The molecule has 0 heterocycles. The maximum atomic E-state index is 12.4. The van der Waals surface area contributed by atoms with Crippen molar-refractivity contribution >= 4 is 17.7 Å². The van der Waals surface area contributed by atoms with Gasteiger partial charge in [0.2, 0.25) is 0 Å². The van der Waals surface area contributed by atoms with Crippen LogP contribution in [0.4, 0.5) is 8.78 Å². The average molecular weight is 380 g/mol.